The Morgan fingerprint density at radius 1 is 0.842 bits per heavy atom. The third-order valence-corrected chi connectivity index (χ3v) is 2.80. The molecular formula is C16H13N3. The number of rotatable bonds is 3. The second-order valence-corrected chi connectivity index (χ2v) is 4.18. The number of hydrogen-bond acceptors (Lipinski definition) is 2. The van der Waals surface area contributed by atoms with E-state index in [1.165, 1.54) is 0 Å². The van der Waals surface area contributed by atoms with Crippen LogP contribution in [0, 0.1) is 0 Å². The van der Waals surface area contributed by atoms with Crippen LogP contribution in [0.25, 0.3) is 23.5 Å². The zero-order valence-corrected chi connectivity index (χ0v) is 10.3. The first-order valence-electron chi connectivity index (χ1n) is 6.12. The van der Waals surface area contributed by atoms with Crippen molar-refractivity contribution in [2.75, 3.05) is 0 Å². The summed E-state index contributed by atoms with van der Waals surface area (Å²) in [7, 11) is 0. The molecule has 0 radical (unpaired) electrons. The van der Waals surface area contributed by atoms with Gasteiger partial charge in [-0.2, -0.15) is 0 Å². The molecule has 0 saturated carbocycles. The number of nitrogens with zero attached hydrogens (tertiary/aromatic N) is 3. The highest BCUT2D eigenvalue weighted by molar-refractivity contribution is 5.62. The largest absolute Gasteiger partial charge is 0.227 e. The molecule has 92 valence electrons. The first-order valence-corrected chi connectivity index (χ1v) is 6.12. The third-order valence-electron chi connectivity index (χ3n) is 2.80. The topological polar surface area (TPSA) is 30.7 Å². The lowest BCUT2D eigenvalue weighted by Crippen LogP contribution is -1.85. The van der Waals surface area contributed by atoms with Crippen molar-refractivity contribution in [3.8, 4) is 11.3 Å². The predicted octanol–water partition coefficient (Wildman–Crippen LogP) is 3.57. The SMILES string of the molecule is C(=Cn1cc(-c2ccccc2)nn1)c1ccccc1. The fraction of sp³-hybridized carbons (Fsp3) is 0. The van der Waals surface area contributed by atoms with Crippen molar-refractivity contribution < 1.29 is 0 Å². The number of aromatic nitrogens is 3. The van der Waals surface area contributed by atoms with E-state index in [0.717, 1.165) is 16.8 Å². The van der Waals surface area contributed by atoms with Crippen molar-refractivity contribution in [3.05, 3.63) is 72.4 Å². The van der Waals surface area contributed by atoms with Crippen molar-refractivity contribution in [3.63, 3.8) is 0 Å². The van der Waals surface area contributed by atoms with Crippen LogP contribution in [0.4, 0.5) is 0 Å². The summed E-state index contributed by atoms with van der Waals surface area (Å²) in [5.74, 6) is 0. The maximum Gasteiger partial charge on any atom is 0.113 e. The summed E-state index contributed by atoms with van der Waals surface area (Å²) in [6.07, 6.45) is 5.81. The van der Waals surface area contributed by atoms with Gasteiger partial charge in [-0.15, -0.1) is 5.10 Å². The first-order chi connectivity index (χ1) is 9.42. The number of benzene rings is 2. The minimum atomic E-state index is 0.873. The lowest BCUT2D eigenvalue weighted by molar-refractivity contribution is 0.843. The fourth-order valence-electron chi connectivity index (χ4n) is 1.82. The Labute approximate surface area is 111 Å². The molecular weight excluding hydrogens is 234 g/mol. The third kappa shape index (κ3) is 2.77. The zero-order chi connectivity index (χ0) is 12.9. The van der Waals surface area contributed by atoms with Gasteiger partial charge >= 0.3 is 0 Å². The van der Waals surface area contributed by atoms with Gasteiger partial charge in [0.1, 0.15) is 5.69 Å². The average Bonchev–Trinajstić information content (AvgIpc) is 2.96. The average molecular weight is 247 g/mol. The van der Waals surface area contributed by atoms with Gasteiger partial charge in [-0.05, 0) is 11.6 Å². The zero-order valence-electron chi connectivity index (χ0n) is 10.3. The van der Waals surface area contributed by atoms with Crippen LogP contribution in [0.3, 0.4) is 0 Å². The summed E-state index contributed by atoms with van der Waals surface area (Å²) in [4.78, 5) is 0. The van der Waals surface area contributed by atoms with Crippen LogP contribution in [0.1, 0.15) is 5.56 Å². The van der Waals surface area contributed by atoms with Gasteiger partial charge in [0.25, 0.3) is 0 Å². The van der Waals surface area contributed by atoms with Gasteiger partial charge in [-0.3, -0.25) is 0 Å². The van der Waals surface area contributed by atoms with Crippen molar-refractivity contribution in [1.82, 2.24) is 15.0 Å². The normalized spacial score (nSPS) is 10.9. The van der Waals surface area contributed by atoms with Crippen molar-refractivity contribution in [2.45, 2.75) is 0 Å². The molecule has 2 aromatic carbocycles. The molecule has 19 heavy (non-hydrogen) atoms. The molecule has 3 rings (SSSR count). The molecule has 0 amide bonds. The molecule has 3 nitrogen and oxygen atoms in total. The molecule has 1 heterocycles. The summed E-state index contributed by atoms with van der Waals surface area (Å²) in [5.41, 5.74) is 3.08. The second kappa shape index (κ2) is 5.31. The molecule has 0 N–H and O–H groups in total. The van der Waals surface area contributed by atoms with Crippen LogP contribution in [0.15, 0.2) is 66.9 Å². The molecule has 0 bridgehead atoms. The van der Waals surface area contributed by atoms with Crippen molar-refractivity contribution in [1.29, 1.82) is 0 Å². The van der Waals surface area contributed by atoms with Crippen molar-refractivity contribution >= 4 is 12.3 Å². The van der Waals surface area contributed by atoms with E-state index in [-0.39, 0.29) is 0 Å². The monoisotopic (exact) mass is 247 g/mol. The van der Waals surface area contributed by atoms with Crippen LogP contribution in [-0.2, 0) is 0 Å². The highest BCUT2D eigenvalue weighted by Crippen LogP contribution is 2.15. The van der Waals surface area contributed by atoms with Crippen LogP contribution < -0.4 is 0 Å². The summed E-state index contributed by atoms with van der Waals surface area (Å²) in [5, 5.41) is 8.25. The molecule has 3 heteroatoms. The van der Waals surface area contributed by atoms with E-state index in [1.54, 1.807) is 4.68 Å². The Morgan fingerprint density at radius 2 is 1.53 bits per heavy atom. The quantitative estimate of drug-likeness (QED) is 0.708. The van der Waals surface area contributed by atoms with E-state index in [0.29, 0.717) is 0 Å². The molecule has 0 fully saturated rings. The minimum Gasteiger partial charge on any atom is -0.227 e. The highest BCUT2D eigenvalue weighted by Gasteiger charge is 2.00. The Morgan fingerprint density at radius 3 is 2.26 bits per heavy atom. The Hall–Kier alpha value is -2.68. The van der Waals surface area contributed by atoms with Gasteiger partial charge < -0.3 is 0 Å². The van der Waals surface area contributed by atoms with Crippen LogP contribution in [-0.4, -0.2) is 15.0 Å². The standard InChI is InChI=1S/C16H13N3/c1-3-7-14(8-4-1)11-12-19-13-16(17-18-19)15-9-5-2-6-10-15/h1-13H. The van der Waals surface area contributed by atoms with Crippen LogP contribution in [0.2, 0.25) is 0 Å². The summed E-state index contributed by atoms with van der Waals surface area (Å²) < 4.78 is 1.72. The van der Waals surface area contributed by atoms with Crippen LogP contribution in [0.5, 0.6) is 0 Å². The van der Waals surface area contributed by atoms with Gasteiger partial charge in [-0.25, -0.2) is 4.68 Å². The summed E-state index contributed by atoms with van der Waals surface area (Å²) >= 11 is 0. The van der Waals surface area contributed by atoms with E-state index in [9.17, 15) is 0 Å². The maximum absolute atomic E-state index is 4.16. The van der Waals surface area contributed by atoms with Gasteiger partial charge in [0, 0.05) is 11.8 Å². The van der Waals surface area contributed by atoms with E-state index >= 15 is 0 Å². The molecule has 3 aromatic rings. The second-order valence-electron chi connectivity index (χ2n) is 4.18. The molecule has 0 aliphatic heterocycles. The molecule has 0 aliphatic rings. The van der Waals surface area contributed by atoms with Gasteiger partial charge in [0.15, 0.2) is 0 Å². The summed E-state index contributed by atoms with van der Waals surface area (Å²) in [6, 6.07) is 20.1. The van der Waals surface area contributed by atoms with E-state index in [1.807, 2.05) is 79.1 Å². The van der Waals surface area contributed by atoms with Gasteiger partial charge in [0.2, 0.25) is 0 Å². The molecule has 0 spiro atoms. The smallest absolute Gasteiger partial charge is 0.113 e. The van der Waals surface area contributed by atoms with Gasteiger partial charge in [-0.1, -0.05) is 65.9 Å². The summed E-state index contributed by atoms with van der Waals surface area (Å²) in [6.45, 7) is 0. The van der Waals surface area contributed by atoms with Crippen LogP contribution >= 0.6 is 0 Å². The Bertz CT molecular complexity index is 669. The maximum atomic E-state index is 4.16. The molecule has 0 saturated heterocycles. The minimum absolute atomic E-state index is 0.873. The van der Waals surface area contributed by atoms with E-state index < -0.39 is 0 Å². The first kappa shape index (κ1) is 11.4. The predicted molar refractivity (Wildman–Crippen MR) is 77.1 cm³/mol. The Kier molecular flexibility index (Phi) is 3.19. The Balaban J connectivity index is 1.81. The molecule has 0 unspecified atom stereocenters. The van der Waals surface area contributed by atoms with Gasteiger partial charge in [0.05, 0.1) is 6.20 Å². The number of hydrogen-bond donors (Lipinski definition) is 0. The molecule has 0 atom stereocenters. The lowest BCUT2D eigenvalue weighted by Gasteiger charge is -1.93. The lowest BCUT2D eigenvalue weighted by atomic mass is 10.2. The highest BCUT2D eigenvalue weighted by atomic mass is 15.4. The van der Waals surface area contributed by atoms with Crippen molar-refractivity contribution in [2.24, 2.45) is 0 Å². The molecule has 1 aromatic heterocycles. The van der Waals surface area contributed by atoms with E-state index in [4.69, 9.17) is 0 Å². The fourth-order valence-corrected chi connectivity index (χ4v) is 1.82. The molecule has 0 aliphatic carbocycles. The van der Waals surface area contributed by atoms with E-state index in [2.05, 4.69) is 10.3 Å².